The van der Waals surface area contributed by atoms with Crippen molar-refractivity contribution in [1.82, 2.24) is 10.1 Å². The second-order valence-electron chi connectivity index (χ2n) is 4.86. The Morgan fingerprint density at radius 2 is 1.75 bits per heavy atom. The molecule has 0 amide bonds. The van der Waals surface area contributed by atoms with Crippen molar-refractivity contribution in [2.45, 2.75) is 28.5 Å². The van der Waals surface area contributed by atoms with Gasteiger partial charge in [-0.2, -0.15) is 4.98 Å². The van der Waals surface area contributed by atoms with Gasteiger partial charge in [-0.1, -0.05) is 70.1 Å². The number of hydrogen-bond acceptors (Lipinski definition) is 3. The van der Waals surface area contributed by atoms with Crippen LogP contribution in [0.4, 0.5) is 0 Å². The lowest BCUT2D eigenvalue weighted by atomic mass is 9.64. The highest BCUT2D eigenvalue weighted by Gasteiger charge is 2.45. The molecule has 2 aromatic rings. The topological polar surface area (TPSA) is 38.9 Å². The SMILES string of the molecule is Clc1ccc(C2(c3noc(C(Cl)(Cl)Cl)n3)CCC2)cc1. The highest BCUT2D eigenvalue weighted by atomic mass is 35.6. The summed E-state index contributed by atoms with van der Waals surface area (Å²) in [4.78, 5) is 4.27. The van der Waals surface area contributed by atoms with Gasteiger partial charge in [0.15, 0.2) is 5.82 Å². The first-order valence-corrected chi connectivity index (χ1v) is 7.60. The minimum atomic E-state index is -1.70. The summed E-state index contributed by atoms with van der Waals surface area (Å²) in [5, 5.41) is 4.70. The van der Waals surface area contributed by atoms with Gasteiger partial charge in [0.2, 0.25) is 0 Å². The van der Waals surface area contributed by atoms with Crippen molar-refractivity contribution in [3.05, 3.63) is 46.6 Å². The fraction of sp³-hybridized carbons (Fsp3) is 0.385. The highest BCUT2D eigenvalue weighted by Crippen LogP contribution is 2.49. The predicted octanol–water partition coefficient (Wildman–Crippen LogP) is 5.02. The van der Waals surface area contributed by atoms with E-state index in [0.29, 0.717) is 10.8 Å². The molecule has 106 valence electrons. The maximum Gasteiger partial charge on any atom is 0.278 e. The van der Waals surface area contributed by atoms with Crippen molar-refractivity contribution in [3.8, 4) is 0 Å². The molecule has 20 heavy (non-hydrogen) atoms. The average Bonchev–Trinajstić information content (AvgIpc) is 2.80. The van der Waals surface area contributed by atoms with Gasteiger partial charge in [0.05, 0.1) is 5.41 Å². The molecule has 0 saturated heterocycles. The van der Waals surface area contributed by atoms with Gasteiger partial charge in [-0.05, 0) is 30.5 Å². The van der Waals surface area contributed by atoms with Crippen LogP contribution in [0.2, 0.25) is 5.02 Å². The number of nitrogens with zero attached hydrogens (tertiary/aromatic N) is 2. The van der Waals surface area contributed by atoms with Crippen LogP contribution in [-0.2, 0) is 9.21 Å². The van der Waals surface area contributed by atoms with Crippen LogP contribution >= 0.6 is 46.4 Å². The van der Waals surface area contributed by atoms with Crippen LogP contribution < -0.4 is 0 Å². The summed E-state index contributed by atoms with van der Waals surface area (Å²) in [5.74, 6) is 0.560. The monoisotopic (exact) mass is 350 g/mol. The van der Waals surface area contributed by atoms with E-state index in [1.54, 1.807) is 0 Å². The first-order chi connectivity index (χ1) is 9.42. The van der Waals surface area contributed by atoms with E-state index in [9.17, 15) is 0 Å². The Morgan fingerprint density at radius 3 is 2.20 bits per heavy atom. The second-order valence-corrected chi connectivity index (χ2v) is 7.58. The number of benzene rings is 1. The zero-order valence-electron chi connectivity index (χ0n) is 10.2. The van der Waals surface area contributed by atoms with Crippen molar-refractivity contribution in [3.63, 3.8) is 0 Å². The molecule has 0 radical (unpaired) electrons. The standard InChI is InChI=1S/C13H10Cl4N2O/c14-9-4-2-8(3-5-9)12(6-1-7-12)10-18-11(20-19-10)13(15,16)17/h2-5H,1,6-7H2. The number of halogens is 4. The summed E-state index contributed by atoms with van der Waals surface area (Å²) >= 11 is 23.2. The fourth-order valence-electron chi connectivity index (χ4n) is 2.47. The summed E-state index contributed by atoms with van der Waals surface area (Å²) in [6, 6.07) is 7.67. The third-order valence-electron chi connectivity index (χ3n) is 3.70. The molecule has 0 spiro atoms. The van der Waals surface area contributed by atoms with Gasteiger partial charge < -0.3 is 4.52 Å². The van der Waals surface area contributed by atoms with Crippen LogP contribution in [0.1, 0.15) is 36.5 Å². The van der Waals surface area contributed by atoms with Crippen molar-refractivity contribution in [1.29, 1.82) is 0 Å². The Bertz CT molecular complexity index is 614. The molecule has 3 nitrogen and oxygen atoms in total. The average molecular weight is 352 g/mol. The fourth-order valence-corrected chi connectivity index (χ4v) is 2.83. The molecule has 0 unspecified atom stereocenters. The first-order valence-electron chi connectivity index (χ1n) is 6.09. The van der Waals surface area contributed by atoms with E-state index in [1.807, 2.05) is 24.3 Å². The maximum atomic E-state index is 5.93. The molecule has 7 heteroatoms. The summed E-state index contributed by atoms with van der Waals surface area (Å²) < 4.78 is 3.37. The molecule has 3 rings (SSSR count). The van der Waals surface area contributed by atoms with Crippen molar-refractivity contribution < 1.29 is 4.52 Å². The van der Waals surface area contributed by atoms with Gasteiger partial charge in [-0.15, -0.1) is 0 Å². The molecule has 1 aromatic heterocycles. The number of aromatic nitrogens is 2. The van der Waals surface area contributed by atoms with Gasteiger partial charge in [0.25, 0.3) is 9.68 Å². The van der Waals surface area contributed by atoms with E-state index < -0.39 is 3.79 Å². The lowest BCUT2D eigenvalue weighted by Gasteiger charge is -2.39. The van der Waals surface area contributed by atoms with Crippen LogP contribution in [0.5, 0.6) is 0 Å². The summed E-state index contributed by atoms with van der Waals surface area (Å²) in [6.07, 6.45) is 2.97. The van der Waals surface area contributed by atoms with Crippen molar-refractivity contribution in [2.24, 2.45) is 0 Å². The lowest BCUT2D eigenvalue weighted by Crippen LogP contribution is -2.36. The molecule has 0 N–H and O–H groups in total. The van der Waals surface area contributed by atoms with E-state index in [4.69, 9.17) is 50.9 Å². The zero-order valence-corrected chi connectivity index (χ0v) is 13.3. The lowest BCUT2D eigenvalue weighted by molar-refractivity contribution is 0.271. The quantitative estimate of drug-likeness (QED) is 0.713. The van der Waals surface area contributed by atoms with Gasteiger partial charge in [-0.3, -0.25) is 0 Å². The first kappa shape index (κ1) is 14.5. The van der Waals surface area contributed by atoms with E-state index in [2.05, 4.69) is 10.1 Å². The van der Waals surface area contributed by atoms with Crippen LogP contribution in [0, 0.1) is 0 Å². The van der Waals surface area contributed by atoms with Gasteiger partial charge >= 0.3 is 0 Å². The van der Waals surface area contributed by atoms with Crippen LogP contribution in [0.3, 0.4) is 0 Å². The van der Waals surface area contributed by atoms with Gasteiger partial charge in [0, 0.05) is 5.02 Å². The Morgan fingerprint density at radius 1 is 1.10 bits per heavy atom. The van der Waals surface area contributed by atoms with Gasteiger partial charge in [-0.25, -0.2) is 0 Å². The largest absolute Gasteiger partial charge is 0.335 e. The highest BCUT2D eigenvalue weighted by molar-refractivity contribution is 6.66. The molecule has 1 saturated carbocycles. The molecule has 0 aliphatic heterocycles. The summed E-state index contributed by atoms with van der Waals surface area (Å²) in [7, 11) is 0. The Hall–Kier alpha value is -0.480. The molecule has 1 fully saturated rings. The molecule has 1 heterocycles. The van der Waals surface area contributed by atoms with Gasteiger partial charge in [0.1, 0.15) is 0 Å². The van der Waals surface area contributed by atoms with Crippen molar-refractivity contribution in [2.75, 3.05) is 0 Å². The molecule has 1 aliphatic rings. The third-order valence-corrected chi connectivity index (χ3v) is 4.44. The number of hydrogen-bond donors (Lipinski definition) is 0. The minimum Gasteiger partial charge on any atom is -0.335 e. The summed E-state index contributed by atoms with van der Waals surface area (Å²) in [6.45, 7) is 0. The van der Waals surface area contributed by atoms with E-state index in [1.165, 1.54) is 0 Å². The second kappa shape index (κ2) is 5.06. The van der Waals surface area contributed by atoms with Crippen LogP contribution in [0.15, 0.2) is 28.8 Å². The third kappa shape index (κ3) is 2.41. The Kier molecular flexibility index (Phi) is 3.66. The zero-order chi connectivity index (χ0) is 14.4. The molecular formula is C13H10Cl4N2O. The Labute approximate surface area is 136 Å². The minimum absolute atomic E-state index is 0.00209. The Balaban J connectivity index is 2.01. The smallest absolute Gasteiger partial charge is 0.278 e. The van der Waals surface area contributed by atoms with Crippen molar-refractivity contribution >= 4 is 46.4 Å². The molecule has 0 atom stereocenters. The molecule has 0 bridgehead atoms. The predicted molar refractivity (Wildman–Crippen MR) is 79.6 cm³/mol. The van der Waals surface area contributed by atoms with E-state index >= 15 is 0 Å². The molecular weight excluding hydrogens is 342 g/mol. The maximum absolute atomic E-state index is 5.93. The van der Waals surface area contributed by atoms with E-state index in [-0.39, 0.29) is 11.3 Å². The number of rotatable bonds is 2. The number of alkyl halides is 3. The van der Waals surface area contributed by atoms with Crippen LogP contribution in [0.25, 0.3) is 0 Å². The van der Waals surface area contributed by atoms with E-state index in [0.717, 1.165) is 24.8 Å². The normalized spacial score (nSPS) is 17.8. The molecule has 1 aromatic carbocycles. The summed E-state index contributed by atoms with van der Waals surface area (Å²) in [5.41, 5.74) is 0.840. The van der Waals surface area contributed by atoms with Crippen LogP contribution in [-0.4, -0.2) is 10.1 Å². The molecule has 1 aliphatic carbocycles.